The van der Waals surface area contributed by atoms with Crippen molar-refractivity contribution in [1.82, 2.24) is 4.57 Å². The molecule has 0 aliphatic carbocycles. The summed E-state index contributed by atoms with van der Waals surface area (Å²) in [6, 6.07) is 13.2. The lowest BCUT2D eigenvalue weighted by Gasteiger charge is -2.04. The van der Waals surface area contributed by atoms with Crippen LogP contribution in [0.1, 0.15) is 21.5 Å². The van der Waals surface area contributed by atoms with Crippen molar-refractivity contribution in [1.29, 1.82) is 0 Å². The molecule has 0 saturated heterocycles. The summed E-state index contributed by atoms with van der Waals surface area (Å²) < 4.78 is 6.76. The molecule has 9 heteroatoms. The molecule has 0 unspecified atom stereocenters. The van der Waals surface area contributed by atoms with Gasteiger partial charge in [0.2, 0.25) is 0 Å². The molecular weight excluding hydrogens is 394 g/mol. The van der Waals surface area contributed by atoms with Gasteiger partial charge in [0, 0.05) is 30.3 Å². The molecule has 1 aromatic heterocycles. The van der Waals surface area contributed by atoms with E-state index in [-0.39, 0.29) is 11.3 Å². The molecule has 148 valence electrons. The second-order valence-corrected chi connectivity index (χ2v) is 7.06. The molecule has 0 aliphatic heterocycles. The summed E-state index contributed by atoms with van der Waals surface area (Å²) in [5.74, 6) is -1.44. The topological polar surface area (TPSA) is 104 Å². The van der Waals surface area contributed by atoms with Gasteiger partial charge in [0.15, 0.2) is 11.4 Å². The highest BCUT2D eigenvalue weighted by atomic mass is 32.1. The first-order valence-corrected chi connectivity index (χ1v) is 9.49. The number of hydrogen-bond acceptors (Lipinski definition) is 6. The Morgan fingerprint density at radius 3 is 2.69 bits per heavy atom. The summed E-state index contributed by atoms with van der Waals surface area (Å²) in [6.07, 6.45) is 1.83. The average Bonchev–Trinajstić information content (AvgIpc) is 3.14. The SMILES string of the molecule is Cc1ccc(Cn2ccsc2=NC(=O)COC(=O)c2cccc([N+](=O)[O-])c2)cc1. The minimum absolute atomic E-state index is 0.00226. The fourth-order valence-corrected chi connectivity index (χ4v) is 3.24. The lowest BCUT2D eigenvalue weighted by molar-refractivity contribution is -0.384. The zero-order valence-corrected chi connectivity index (χ0v) is 16.3. The van der Waals surface area contributed by atoms with Crippen LogP contribution in [0.3, 0.4) is 0 Å². The molecule has 0 fully saturated rings. The summed E-state index contributed by atoms with van der Waals surface area (Å²) in [6.45, 7) is 2.02. The van der Waals surface area contributed by atoms with Crippen LogP contribution in [0.4, 0.5) is 5.69 Å². The Morgan fingerprint density at radius 1 is 1.21 bits per heavy atom. The van der Waals surface area contributed by atoms with Crippen LogP contribution >= 0.6 is 11.3 Å². The molecule has 2 aromatic carbocycles. The minimum Gasteiger partial charge on any atom is -0.452 e. The molecule has 1 heterocycles. The third kappa shape index (κ3) is 5.45. The van der Waals surface area contributed by atoms with Crippen molar-refractivity contribution in [3.05, 3.63) is 91.7 Å². The zero-order chi connectivity index (χ0) is 20.8. The van der Waals surface area contributed by atoms with Crippen LogP contribution in [0.15, 0.2) is 65.1 Å². The van der Waals surface area contributed by atoms with Gasteiger partial charge >= 0.3 is 5.97 Å². The van der Waals surface area contributed by atoms with Crippen molar-refractivity contribution in [3.8, 4) is 0 Å². The van der Waals surface area contributed by atoms with Crippen LogP contribution in [-0.4, -0.2) is 28.0 Å². The zero-order valence-electron chi connectivity index (χ0n) is 15.5. The Hall–Kier alpha value is -3.59. The number of thiazole rings is 1. The molecule has 1 amide bonds. The molecule has 3 aromatic rings. The average molecular weight is 411 g/mol. The number of non-ortho nitro benzene ring substituents is 1. The third-order valence-corrected chi connectivity index (χ3v) is 4.77. The highest BCUT2D eigenvalue weighted by molar-refractivity contribution is 7.07. The maximum atomic E-state index is 12.1. The van der Waals surface area contributed by atoms with Crippen molar-refractivity contribution in [2.24, 2.45) is 4.99 Å². The lowest BCUT2D eigenvalue weighted by atomic mass is 10.1. The van der Waals surface area contributed by atoms with Gasteiger partial charge in [0.05, 0.1) is 10.5 Å². The Balaban J connectivity index is 1.65. The molecule has 0 aliphatic rings. The van der Waals surface area contributed by atoms with E-state index in [9.17, 15) is 19.7 Å². The monoisotopic (exact) mass is 411 g/mol. The van der Waals surface area contributed by atoms with Crippen molar-refractivity contribution in [3.63, 3.8) is 0 Å². The standard InChI is InChI=1S/C20H17N3O5S/c1-14-5-7-15(8-6-14)12-22-9-10-29-20(22)21-18(24)13-28-19(25)16-3-2-4-17(11-16)23(26)27/h2-11H,12-13H2,1H3. The summed E-state index contributed by atoms with van der Waals surface area (Å²) in [4.78, 5) is 38.8. The number of esters is 1. The van der Waals surface area contributed by atoms with E-state index < -0.39 is 23.4 Å². The second-order valence-electron chi connectivity index (χ2n) is 6.19. The number of nitrogens with zero attached hydrogens (tertiary/aromatic N) is 3. The van der Waals surface area contributed by atoms with Crippen LogP contribution in [0, 0.1) is 17.0 Å². The van der Waals surface area contributed by atoms with Crippen molar-refractivity contribution < 1.29 is 19.2 Å². The van der Waals surface area contributed by atoms with E-state index in [2.05, 4.69) is 4.99 Å². The lowest BCUT2D eigenvalue weighted by Crippen LogP contribution is -2.20. The summed E-state index contributed by atoms with van der Waals surface area (Å²) in [5, 5.41) is 12.6. The maximum absolute atomic E-state index is 12.1. The predicted octanol–water partition coefficient (Wildman–Crippen LogP) is 3.10. The number of ether oxygens (including phenoxy) is 1. The molecule has 0 atom stereocenters. The third-order valence-electron chi connectivity index (χ3n) is 3.97. The van der Waals surface area contributed by atoms with Crippen molar-refractivity contribution >= 4 is 28.9 Å². The molecule has 0 spiro atoms. The number of nitro groups is 1. The van der Waals surface area contributed by atoms with Crippen molar-refractivity contribution in [2.45, 2.75) is 13.5 Å². The van der Waals surface area contributed by atoms with Gasteiger partial charge < -0.3 is 9.30 Å². The Labute approximate surface area is 169 Å². The van der Waals surface area contributed by atoms with E-state index in [0.29, 0.717) is 11.3 Å². The number of amides is 1. The van der Waals surface area contributed by atoms with E-state index in [1.165, 1.54) is 29.5 Å². The number of aromatic nitrogens is 1. The summed E-state index contributed by atoms with van der Waals surface area (Å²) in [7, 11) is 0. The Kier molecular flexibility index (Phi) is 6.30. The van der Waals surface area contributed by atoms with Gasteiger partial charge in [-0.05, 0) is 18.6 Å². The molecule has 0 saturated carbocycles. The van der Waals surface area contributed by atoms with Crippen LogP contribution in [0.5, 0.6) is 0 Å². The van der Waals surface area contributed by atoms with E-state index in [1.807, 2.05) is 47.3 Å². The van der Waals surface area contributed by atoms with Crippen LogP contribution in [-0.2, 0) is 16.1 Å². The van der Waals surface area contributed by atoms with Crippen molar-refractivity contribution in [2.75, 3.05) is 6.61 Å². The normalized spacial score (nSPS) is 11.3. The number of rotatable bonds is 6. The molecule has 3 rings (SSSR count). The number of benzene rings is 2. The first kappa shape index (κ1) is 20.2. The predicted molar refractivity (Wildman–Crippen MR) is 107 cm³/mol. The highest BCUT2D eigenvalue weighted by Crippen LogP contribution is 2.13. The number of carbonyl (C=O) groups is 2. The van der Waals surface area contributed by atoms with E-state index in [1.54, 1.807) is 0 Å². The van der Waals surface area contributed by atoms with Gasteiger partial charge in [0.1, 0.15) is 0 Å². The number of hydrogen-bond donors (Lipinski definition) is 0. The molecular formula is C20H17N3O5S. The van der Waals surface area contributed by atoms with Crippen LogP contribution in [0.25, 0.3) is 0 Å². The van der Waals surface area contributed by atoms with Gasteiger partial charge in [-0.15, -0.1) is 11.3 Å². The Morgan fingerprint density at radius 2 is 1.97 bits per heavy atom. The van der Waals surface area contributed by atoms with Gasteiger partial charge in [-0.1, -0.05) is 35.9 Å². The number of aryl methyl sites for hydroxylation is 1. The fourth-order valence-electron chi connectivity index (χ4n) is 2.49. The molecule has 0 bridgehead atoms. The van der Waals surface area contributed by atoms with Crippen LogP contribution < -0.4 is 4.80 Å². The van der Waals surface area contributed by atoms with Gasteiger partial charge in [-0.2, -0.15) is 4.99 Å². The second kappa shape index (κ2) is 9.07. The number of carbonyl (C=O) groups excluding carboxylic acids is 2. The van der Waals surface area contributed by atoms with Gasteiger partial charge in [0.25, 0.3) is 11.6 Å². The first-order chi connectivity index (χ1) is 13.9. The smallest absolute Gasteiger partial charge is 0.338 e. The Bertz CT molecular complexity index is 1120. The van der Waals surface area contributed by atoms with Gasteiger partial charge in [-0.3, -0.25) is 14.9 Å². The summed E-state index contributed by atoms with van der Waals surface area (Å²) >= 11 is 1.30. The van der Waals surface area contributed by atoms with E-state index >= 15 is 0 Å². The number of nitro benzene ring substituents is 1. The fraction of sp³-hybridized carbons (Fsp3) is 0.150. The molecule has 0 radical (unpaired) electrons. The summed E-state index contributed by atoms with van der Waals surface area (Å²) in [5.41, 5.74) is 2.00. The minimum atomic E-state index is -0.823. The van der Waals surface area contributed by atoms with Gasteiger partial charge in [-0.25, -0.2) is 4.79 Å². The highest BCUT2D eigenvalue weighted by Gasteiger charge is 2.14. The quantitative estimate of drug-likeness (QED) is 0.352. The molecule has 8 nitrogen and oxygen atoms in total. The molecule has 29 heavy (non-hydrogen) atoms. The largest absolute Gasteiger partial charge is 0.452 e. The van der Waals surface area contributed by atoms with Crippen LogP contribution in [0.2, 0.25) is 0 Å². The first-order valence-electron chi connectivity index (χ1n) is 8.61. The van der Waals surface area contributed by atoms with E-state index in [0.717, 1.165) is 17.2 Å². The maximum Gasteiger partial charge on any atom is 0.338 e. The molecule has 0 N–H and O–H groups in total. The van der Waals surface area contributed by atoms with E-state index in [4.69, 9.17) is 4.74 Å².